The molecule has 2 heterocycles. The molecule has 1 fully saturated rings. The number of aromatic nitrogens is 1. The number of aryl methyl sites for hydroxylation is 2. The maximum Gasteiger partial charge on any atom is 0.124 e. The van der Waals surface area contributed by atoms with E-state index in [-0.39, 0.29) is 6.10 Å². The minimum atomic E-state index is -0.586. The minimum Gasteiger partial charge on any atom is -0.496 e. The third-order valence-corrected chi connectivity index (χ3v) is 5.29. The summed E-state index contributed by atoms with van der Waals surface area (Å²) in [5, 5.41) is 13.8. The highest BCUT2D eigenvalue weighted by Gasteiger charge is 2.26. The Hall–Kier alpha value is -1.47. The summed E-state index contributed by atoms with van der Waals surface area (Å²) in [4.78, 5) is 6.76. The smallest absolute Gasteiger partial charge is 0.124 e. The molecule has 1 N–H and O–H groups in total. The second kappa shape index (κ2) is 7.61. The van der Waals surface area contributed by atoms with Crippen LogP contribution in [0.3, 0.4) is 0 Å². The lowest BCUT2D eigenvalue weighted by atomic mass is 10.0. The first kappa shape index (κ1) is 17.4. The van der Waals surface area contributed by atoms with Crippen LogP contribution in [0.25, 0.3) is 0 Å². The van der Waals surface area contributed by atoms with Crippen LogP contribution in [0.5, 0.6) is 5.75 Å². The molecule has 2 atom stereocenters. The fraction of sp³-hybridized carbons (Fsp3) is 0.500. The van der Waals surface area contributed by atoms with Crippen molar-refractivity contribution >= 4 is 11.3 Å². The third kappa shape index (κ3) is 3.95. The zero-order chi connectivity index (χ0) is 17.1. The van der Waals surface area contributed by atoms with Gasteiger partial charge in [-0.1, -0.05) is 11.6 Å². The van der Waals surface area contributed by atoms with Crippen LogP contribution >= 0.6 is 11.3 Å². The highest BCUT2D eigenvalue weighted by Crippen LogP contribution is 2.29. The van der Waals surface area contributed by atoms with Crippen LogP contribution in [0, 0.1) is 13.8 Å². The number of hydrogen-bond acceptors (Lipinski definition) is 6. The Bertz CT molecular complexity index is 689. The van der Waals surface area contributed by atoms with E-state index in [1.165, 1.54) is 0 Å². The van der Waals surface area contributed by atoms with E-state index in [0.717, 1.165) is 40.7 Å². The number of aliphatic hydroxyl groups is 1. The monoisotopic (exact) mass is 348 g/mol. The van der Waals surface area contributed by atoms with Gasteiger partial charge in [0.25, 0.3) is 0 Å². The van der Waals surface area contributed by atoms with Gasteiger partial charge in [0.1, 0.15) is 16.9 Å². The lowest BCUT2D eigenvalue weighted by molar-refractivity contribution is -0.0426. The van der Waals surface area contributed by atoms with Crippen molar-refractivity contribution in [2.24, 2.45) is 0 Å². The van der Waals surface area contributed by atoms with Crippen molar-refractivity contribution in [3.05, 3.63) is 45.4 Å². The van der Waals surface area contributed by atoms with E-state index in [0.29, 0.717) is 13.2 Å². The molecule has 2 aromatic rings. The molecule has 3 rings (SSSR count). The van der Waals surface area contributed by atoms with Gasteiger partial charge in [-0.25, -0.2) is 4.98 Å². The maximum atomic E-state index is 10.7. The van der Waals surface area contributed by atoms with Crippen molar-refractivity contribution in [3.63, 3.8) is 0 Å². The fourth-order valence-electron chi connectivity index (χ4n) is 2.99. The molecule has 1 aliphatic rings. The number of benzene rings is 1. The van der Waals surface area contributed by atoms with Gasteiger partial charge in [0, 0.05) is 36.3 Å². The molecular formula is C18H24N2O3S. The first-order chi connectivity index (χ1) is 11.6. The van der Waals surface area contributed by atoms with Crippen molar-refractivity contribution < 1.29 is 14.6 Å². The van der Waals surface area contributed by atoms with E-state index in [4.69, 9.17) is 9.47 Å². The van der Waals surface area contributed by atoms with Crippen LogP contribution in [0.2, 0.25) is 0 Å². The van der Waals surface area contributed by atoms with Gasteiger partial charge in [-0.2, -0.15) is 0 Å². The average molecular weight is 348 g/mol. The Kier molecular flexibility index (Phi) is 5.50. The highest BCUT2D eigenvalue weighted by atomic mass is 32.1. The first-order valence-electron chi connectivity index (χ1n) is 8.15. The summed E-state index contributed by atoms with van der Waals surface area (Å²) in [6.45, 7) is 6.79. The summed E-state index contributed by atoms with van der Waals surface area (Å²) in [6, 6.07) is 5.89. The molecule has 0 spiro atoms. The second-order valence-electron chi connectivity index (χ2n) is 6.21. The molecule has 1 aliphatic heterocycles. The number of ether oxygens (including phenoxy) is 2. The summed E-state index contributed by atoms with van der Waals surface area (Å²) < 4.78 is 11.3. The number of β-amino-alcohol motifs (C(OH)–C–C–N with tert-alkyl or cyclic N) is 1. The van der Waals surface area contributed by atoms with E-state index in [2.05, 4.69) is 9.88 Å². The summed E-state index contributed by atoms with van der Waals surface area (Å²) >= 11 is 1.64. The zero-order valence-corrected chi connectivity index (χ0v) is 15.2. The number of rotatable bonds is 5. The van der Waals surface area contributed by atoms with Crippen LogP contribution in [0.15, 0.2) is 23.6 Å². The van der Waals surface area contributed by atoms with Crippen LogP contribution < -0.4 is 4.74 Å². The number of morpholine rings is 1. The normalized spacial score (nSPS) is 20.1. The predicted octanol–water partition coefficient (Wildman–Crippen LogP) is 2.88. The van der Waals surface area contributed by atoms with Crippen LogP contribution in [-0.4, -0.2) is 48.3 Å². The molecule has 0 saturated carbocycles. The Balaban J connectivity index is 1.68. The first-order valence-corrected chi connectivity index (χ1v) is 9.03. The molecule has 6 heteroatoms. The van der Waals surface area contributed by atoms with E-state index in [9.17, 15) is 5.11 Å². The lowest BCUT2D eigenvalue weighted by Crippen LogP contribution is -2.40. The van der Waals surface area contributed by atoms with Crippen molar-refractivity contribution in [2.45, 2.75) is 26.1 Å². The van der Waals surface area contributed by atoms with E-state index in [1.807, 2.05) is 37.4 Å². The molecular weight excluding hydrogens is 324 g/mol. The van der Waals surface area contributed by atoms with Crippen LogP contribution in [0.1, 0.15) is 34.0 Å². The molecule has 130 valence electrons. The van der Waals surface area contributed by atoms with E-state index in [1.54, 1.807) is 18.4 Å². The Morgan fingerprint density at radius 2 is 2.29 bits per heavy atom. The summed E-state index contributed by atoms with van der Waals surface area (Å²) in [5.74, 6) is 0.730. The van der Waals surface area contributed by atoms with Gasteiger partial charge in [0.05, 0.1) is 19.8 Å². The van der Waals surface area contributed by atoms with Gasteiger partial charge >= 0.3 is 0 Å². The van der Waals surface area contributed by atoms with Crippen LogP contribution in [0.4, 0.5) is 0 Å². The Morgan fingerprint density at radius 1 is 1.46 bits per heavy atom. The number of thiazole rings is 1. The molecule has 0 aliphatic carbocycles. The minimum absolute atomic E-state index is 0.0101. The number of hydrogen-bond donors (Lipinski definition) is 1. The standard InChI is InChI=1S/C18H24N2O3S/c1-12-4-5-16(22-3)14(8-12)15(21)9-20-6-7-23-17(10-20)18-19-13(2)11-24-18/h4-5,8,11,15,17,21H,6-7,9-10H2,1-3H3/t15-,17-/m1/s1. The summed E-state index contributed by atoms with van der Waals surface area (Å²) in [7, 11) is 1.64. The zero-order valence-electron chi connectivity index (χ0n) is 14.4. The van der Waals surface area contributed by atoms with Gasteiger partial charge in [0.2, 0.25) is 0 Å². The van der Waals surface area contributed by atoms with Crippen molar-refractivity contribution in [3.8, 4) is 5.75 Å². The van der Waals surface area contributed by atoms with Crippen LogP contribution in [-0.2, 0) is 4.74 Å². The number of aliphatic hydroxyl groups excluding tert-OH is 1. The average Bonchev–Trinajstić information content (AvgIpc) is 3.01. The van der Waals surface area contributed by atoms with Gasteiger partial charge in [-0.3, -0.25) is 4.90 Å². The topological polar surface area (TPSA) is 54.8 Å². The third-order valence-electron chi connectivity index (χ3n) is 4.24. The molecule has 0 bridgehead atoms. The van der Waals surface area contributed by atoms with Gasteiger partial charge in [0.15, 0.2) is 0 Å². The largest absolute Gasteiger partial charge is 0.496 e. The van der Waals surface area contributed by atoms with Gasteiger partial charge in [-0.15, -0.1) is 11.3 Å². The summed E-state index contributed by atoms with van der Waals surface area (Å²) in [5.41, 5.74) is 2.98. The molecule has 1 aromatic carbocycles. The van der Waals surface area contributed by atoms with Crippen molar-refractivity contribution in [1.29, 1.82) is 0 Å². The molecule has 24 heavy (non-hydrogen) atoms. The predicted molar refractivity (Wildman–Crippen MR) is 94.7 cm³/mol. The van der Waals surface area contributed by atoms with Gasteiger partial charge < -0.3 is 14.6 Å². The lowest BCUT2D eigenvalue weighted by Gasteiger charge is -2.33. The molecule has 1 aromatic heterocycles. The molecule has 1 saturated heterocycles. The molecule has 0 amide bonds. The number of nitrogens with zero attached hydrogens (tertiary/aromatic N) is 2. The van der Waals surface area contributed by atoms with E-state index >= 15 is 0 Å². The maximum absolute atomic E-state index is 10.7. The fourth-order valence-corrected chi connectivity index (χ4v) is 3.83. The molecule has 5 nitrogen and oxygen atoms in total. The summed E-state index contributed by atoms with van der Waals surface area (Å²) in [6.07, 6.45) is -0.597. The van der Waals surface area contributed by atoms with E-state index < -0.39 is 6.10 Å². The van der Waals surface area contributed by atoms with Crippen molar-refractivity contribution in [1.82, 2.24) is 9.88 Å². The molecule has 0 radical (unpaired) electrons. The highest BCUT2D eigenvalue weighted by molar-refractivity contribution is 7.09. The second-order valence-corrected chi connectivity index (χ2v) is 7.10. The van der Waals surface area contributed by atoms with Crippen molar-refractivity contribution in [2.75, 3.05) is 33.4 Å². The number of methoxy groups -OCH3 is 1. The van der Waals surface area contributed by atoms with Gasteiger partial charge in [-0.05, 0) is 26.0 Å². The quantitative estimate of drug-likeness (QED) is 0.900. The Labute approximate surface area is 146 Å². The Morgan fingerprint density at radius 3 is 3.00 bits per heavy atom. The SMILES string of the molecule is COc1ccc(C)cc1[C@H](O)CN1CCO[C@@H](c2nc(C)cs2)C1. The molecule has 0 unspecified atom stereocenters.